The minimum absolute atomic E-state index is 0.0714. The lowest BCUT2D eigenvalue weighted by atomic mass is 10.1. The van der Waals surface area contributed by atoms with E-state index in [1.807, 2.05) is 79.7 Å². The highest BCUT2D eigenvalue weighted by atomic mass is 16.5. The zero-order valence-electron chi connectivity index (χ0n) is 18.3. The number of benzene rings is 3. The molecule has 3 aromatic carbocycles. The first kappa shape index (κ1) is 21.2. The second-order valence-electron chi connectivity index (χ2n) is 7.48. The second kappa shape index (κ2) is 9.39. The standard InChI is InChI=1S/C26H25N3O3/c1-17-14-25(27-19-6-11-22(32-3)12-7-19)29-24-13-8-20(16-23(17)24)28-26(30)15-18-4-9-21(31-2)10-5-18/h4-14,16H,15H2,1-3H3,(H,27,29)(H,28,30). The van der Waals surface area contributed by atoms with Gasteiger partial charge in [-0.05, 0) is 78.7 Å². The molecular weight excluding hydrogens is 402 g/mol. The molecule has 1 heterocycles. The van der Waals surface area contributed by atoms with Crippen LogP contribution in [0.25, 0.3) is 10.9 Å². The molecule has 0 radical (unpaired) electrons. The van der Waals surface area contributed by atoms with Crippen LogP contribution in [0.3, 0.4) is 0 Å². The number of hydrogen-bond donors (Lipinski definition) is 2. The van der Waals surface area contributed by atoms with E-state index in [4.69, 9.17) is 14.5 Å². The van der Waals surface area contributed by atoms with Crippen LogP contribution in [0, 0.1) is 6.92 Å². The van der Waals surface area contributed by atoms with Crippen molar-refractivity contribution in [1.82, 2.24) is 4.98 Å². The molecule has 0 bridgehead atoms. The van der Waals surface area contributed by atoms with Gasteiger partial charge in [0.15, 0.2) is 0 Å². The predicted molar refractivity (Wildman–Crippen MR) is 128 cm³/mol. The number of carbonyl (C=O) groups excluding carboxylic acids is 1. The lowest BCUT2D eigenvalue weighted by molar-refractivity contribution is -0.115. The Morgan fingerprint density at radius 1 is 0.844 bits per heavy atom. The Morgan fingerprint density at radius 3 is 2.12 bits per heavy atom. The third-order valence-electron chi connectivity index (χ3n) is 5.19. The molecular formula is C26H25N3O3. The Bertz CT molecular complexity index is 1240. The summed E-state index contributed by atoms with van der Waals surface area (Å²) in [6, 6.07) is 22.9. The number of nitrogens with zero attached hydrogens (tertiary/aromatic N) is 1. The van der Waals surface area contributed by atoms with Crippen molar-refractivity contribution < 1.29 is 14.3 Å². The van der Waals surface area contributed by atoms with Gasteiger partial charge in [0.25, 0.3) is 0 Å². The predicted octanol–water partition coefficient (Wildman–Crippen LogP) is 5.49. The Hall–Kier alpha value is -4.06. The van der Waals surface area contributed by atoms with Gasteiger partial charge in [-0.3, -0.25) is 4.79 Å². The largest absolute Gasteiger partial charge is 0.497 e. The maximum absolute atomic E-state index is 12.5. The van der Waals surface area contributed by atoms with Gasteiger partial charge in [-0.1, -0.05) is 12.1 Å². The van der Waals surface area contributed by atoms with Crippen molar-refractivity contribution in [3.8, 4) is 11.5 Å². The molecule has 4 aromatic rings. The third kappa shape index (κ3) is 4.98. The van der Waals surface area contributed by atoms with E-state index in [2.05, 4.69) is 10.6 Å². The molecule has 6 nitrogen and oxygen atoms in total. The first-order chi connectivity index (χ1) is 15.5. The number of hydrogen-bond acceptors (Lipinski definition) is 5. The van der Waals surface area contributed by atoms with Gasteiger partial charge < -0.3 is 20.1 Å². The second-order valence-corrected chi connectivity index (χ2v) is 7.48. The van der Waals surface area contributed by atoms with Crippen LogP contribution in [0.5, 0.6) is 11.5 Å². The Kier molecular flexibility index (Phi) is 6.22. The van der Waals surface area contributed by atoms with Gasteiger partial charge in [0.2, 0.25) is 5.91 Å². The Balaban J connectivity index is 1.47. The van der Waals surface area contributed by atoms with E-state index in [0.29, 0.717) is 6.42 Å². The summed E-state index contributed by atoms with van der Waals surface area (Å²) in [6.07, 6.45) is 0.296. The highest BCUT2D eigenvalue weighted by molar-refractivity contribution is 5.95. The van der Waals surface area contributed by atoms with Crippen molar-refractivity contribution in [2.75, 3.05) is 24.9 Å². The number of carbonyl (C=O) groups is 1. The van der Waals surface area contributed by atoms with E-state index in [9.17, 15) is 4.79 Å². The summed E-state index contributed by atoms with van der Waals surface area (Å²) in [5.41, 5.74) is 4.53. The molecule has 0 saturated heterocycles. The van der Waals surface area contributed by atoms with E-state index in [1.165, 1.54) is 0 Å². The van der Waals surface area contributed by atoms with Crippen LogP contribution in [0.1, 0.15) is 11.1 Å². The number of methoxy groups -OCH3 is 2. The maximum atomic E-state index is 12.5. The molecule has 4 rings (SSSR count). The number of ether oxygens (including phenoxy) is 2. The molecule has 0 saturated carbocycles. The van der Waals surface area contributed by atoms with Gasteiger partial charge in [0.05, 0.1) is 26.2 Å². The summed E-state index contributed by atoms with van der Waals surface area (Å²) in [7, 11) is 3.27. The number of rotatable bonds is 7. The minimum atomic E-state index is -0.0714. The van der Waals surface area contributed by atoms with Crippen LogP contribution in [-0.2, 0) is 11.2 Å². The molecule has 0 atom stereocenters. The highest BCUT2D eigenvalue weighted by Crippen LogP contribution is 2.26. The molecule has 0 aliphatic heterocycles. The first-order valence-corrected chi connectivity index (χ1v) is 10.3. The lowest BCUT2D eigenvalue weighted by Gasteiger charge is -2.11. The maximum Gasteiger partial charge on any atom is 0.228 e. The van der Waals surface area contributed by atoms with Gasteiger partial charge >= 0.3 is 0 Å². The van der Waals surface area contributed by atoms with E-state index in [-0.39, 0.29) is 5.91 Å². The molecule has 6 heteroatoms. The van der Waals surface area contributed by atoms with Crippen LogP contribution < -0.4 is 20.1 Å². The average molecular weight is 428 g/mol. The van der Waals surface area contributed by atoms with Crippen molar-refractivity contribution >= 4 is 34.0 Å². The topological polar surface area (TPSA) is 72.5 Å². The van der Waals surface area contributed by atoms with Crippen LogP contribution in [0.4, 0.5) is 17.2 Å². The normalized spacial score (nSPS) is 10.6. The molecule has 1 aromatic heterocycles. The Labute approximate surface area is 187 Å². The zero-order chi connectivity index (χ0) is 22.5. The number of anilines is 3. The Morgan fingerprint density at radius 2 is 1.47 bits per heavy atom. The van der Waals surface area contributed by atoms with Crippen molar-refractivity contribution in [1.29, 1.82) is 0 Å². The number of nitrogens with one attached hydrogen (secondary N) is 2. The highest BCUT2D eigenvalue weighted by Gasteiger charge is 2.08. The van der Waals surface area contributed by atoms with E-state index >= 15 is 0 Å². The summed E-state index contributed by atoms with van der Waals surface area (Å²) in [6.45, 7) is 2.03. The number of pyridine rings is 1. The monoisotopic (exact) mass is 427 g/mol. The van der Waals surface area contributed by atoms with E-state index in [1.54, 1.807) is 14.2 Å². The molecule has 0 aliphatic rings. The van der Waals surface area contributed by atoms with Crippen molar-refractivity contribution in [2.24, 2.45) is 0 Å². The fourth-order valence-corrected chi connectivity index (χ4v) is 3.49. The molecule has 32 heavy (non-hydrogen) atoms. The third-order valence-corrected chi connectivity index (χ3v) is 5.19. The minimum Gasteiger partial charge on any atom is -0.497 e. The van der Waals surface area contributed by atoms with Crippen molar-refractivity contribution in [2.45, 2.75) is 13.3 Å². The number of aryl methyl sites for hydroxylation is 1. The summed E-state index contributed by atoms with van der Waals surface area (Å²) >= 11 is 0. The van der Waals surface area contributed by atoms with E-state index in [0.717, 1.165) is 50.7 Å². The van der Waals surface area contributed by atoms with Gasteiger partial charge in [0.1, 0.15) is 17.3 Å². The molecule has 0 unspecified atom stereocenters. The van der Waals surface area contributed by atoms with Crippen molar-refractivity contribution in [3.63, 3.8) is 0 Å². The van der Waals surface area contributed by atoms with Crippen LogP contribution in [0.15, 0.2) is 72.8 Å². The summed E-state index contributed by atoms with van der Waals surface area (Å²) in [5, 5.41) is 7.30. The molecule has 2 N–H and O–H groups in total. The van der Waals surface area contributed by atoms with Crippen LogP contribution in [-0.4, -0.2) is 25.1 Å². The molecule has 162 valence electrons. The van der Waals surface area contributed by atoms with Gasteiger partial charge in [-0.25, -0.2) is 4.98 Å². The smallest absolute Gasteiger partial charge is 0.228 e. The quantitative estimate of drug-likeness (QED) is 0.408. The van der Waals surface area contributed by atoms with Gasteiger partial charge in [0, 0.05) is 16.8 Å². The van der Waals surface area contributed by atoms with Crippen LogP contribution >= 0.6 is 0 Å². The molecule has 1 amide bonds. The molecule has 0 fully saturated rings. The number of fused-ring (bicyclic) bond motifs is 1. The fraction of sp³-hybridized carbons (Fsp3) is 0.154. The van der Waals surface area contributed by atoms with Crippen LogP contribution in [0.2, 0.25) is 0 Å². The SMILES string of the molecule is COc1ccc(CC(=O)Nc2ccc3nc(Nc4ccc(OC)cc4)cc(C)c3c2)cc1. The van der Waals surface area contributed by atoms with Gasteiger partial charge in [-0.2, -0.15) is 0 Å². The number of amides is 1. The molecule has 0 aliphatic carbocycles. The summed E-state index contributed by atoms with van der Waals surface area (Å²) in [4.78, 5) is 17.2. The van der Waals surface area contributed by atoms with Gasteiger partial charge in [-0.15, -0.1) is 0 Å². The molecule has 0 spiro atoms. The fourth-order valence-electron chi connectivity index (χ4n) is 3.49. The first-order valence-electron chi connectivity index (χ1n) is 10.3. The van der Waals surface area contributed by atoms with Crippen molar-refractivity contribution in [3.05, 3.63) is 83.9 Å². The zero-order valence-corrected chi connectivity index (χ0v) is 18.3. The average Bonchev–Trinajstić information content (AvgIpc) is 2.80. The summed E-state index contributed by atoms with van der Waals surface area (Å²) in [5.74, 6) is 2.27. The van der Waals surface area contributed by atoms with E-state index < -0.39 is 0 Å². The number of aromatic nitrogens is 1. The summed E-state index contributed by atoms with van der Waals surface area (Å²) < 4.78 is 10.4. The lowest BCUT2D eigenvalue weighted by Crippen LogP contribution is -2.14.